The number of hydrogen-bond acceptors (Lipinski definition) is 5. The van der Waals surface area contributed by atoms with Crippen LogP contribution in [-0.4, -0.2) is 63.4 Å². The molecule has 0 amide bonds. The van der Waals surface area contributed by atoms with E-state index in [4.69, 9.17) is 18.4 Å². The van der Waals surface area contributed by atoms with Gasteiger partial charge >= 0.3 is 14.8 Å². The Labute approximate surface area is 141 Å². The lowest BCUT2D eigenvalue weighted by atomic mass is 9.94. The molecule has 0 aromatic rings. The van der Waals surface area contributed by atoms with Crippen molar-refractivity contribution in [2.45, 2.75) is 65.3 Å². The van der Waals surface area contributed by atoms with Crippen LogP contribution in [0.2, 0.25) is 0 Å². The molecule has 0 unspecified atom stereocenters. The van der Waals surface area contributed by atoms with Crippen molar-refractivity contribution in [3.05, 3.63) is 0 Å². The summed E-state index contributed by atoms with van der Waals surface area (Å²) in [6.45, 7) is 8.00. The maximum Gasteiger partial charge on any atom is 0.515 e. The van der Waals surface area contributed by atoms with Crippen LogP contribution < -0.4 is 0 Å². The van der Waals surface area contributed by atoms with Gasteiger partial charge in [-0.05, 0) is 33.6 Å². The summed E-state index contributed by atoms with van der Waals surface area (Å²) < 4.78 is 17.8. The standard InChI is InChI=1S/C16H33NO5Si/c1-4-20-23(21-5-2,22-6-3)14-17(13-12-16(18)19)15-10-8-7-9-11-15/h15H,4-14H2,1-3H3,(H,18,19). The highest BCUT2D eigenvalue weighted by molar-refractivity contribution is 6.60. The second kappa shape index (κ2) is 11.1. The van der Waals surface area contributed by atoms with Crippen molar-refractivity contribution in [1.82, 2.24) is 4.90 Å². The van der Waals surface area contributed by atoms with E-state index in [0.29, 0.717) is 38.6 Å². The topological polar surface area (TPSA) is 68.2 Å². The minimum atomic E-state index is -2.78. The van der Waals surface area contributed by atoms with Gasteiger partial charge in [0, 0.05) is 32.4 Å². The monoisotopic (exact) mass is 347 g/mol. The van der Waals surface area contributed by atoms with Gasteiger partial charge < -0.3 is 18.4 Å². The molecule has 0 aliphatic heterocycles. The Morgan fingerprint density at radius 1 is 1.04 bits per heavy atom. The Morgan fingerprint density at radius 2 is 1.57 bits per heavy atom. The number of carbonyl (C=O) groups is 1. The van der Waals surface area contributed by atoms with E-state index in [0.717, 1.165) is 12.8 Å². The first kappa shape index (κ1) is 20.6. The molecule has 7 heteroatoms. The summed E-state index contributed by atoms with van der Waals surface area (Å²) in [6, 6.07) is 0.413. The zero-order valence-corrected chi connectivity index (χ0v) is 15.9. The second-order valence-corrected chi connectivity index (χ2v) is 8.44. The maximum absolute atomic E-state index is 11.0. The predicted octanol–water partition coefficient (Wildman–Crippen LogP) is 2.68. The molecule has 0 aromatic heterocycles. The highest BCUT2D eigenvalue weighted by Crippen LogP contribution is 2.25. The van der Waals surface area contributed by atoms with Crippen LogP contribution in [0.3, 0.4) is 0 Å². The molecule has 0 saturated heterocycles. The third kappa shape index (κ3) is 7.30. The molecule has 6 nitrogen and oxygen atoms in total. The molecule has 1 saturated carbocycles. The van der Waals surface area contributed by atoms with Gasteiger partial charge in [0.25, 0.3) is 0 Å². The second-order valence-electron chi connectivity index (χ2n) is 5.89. The van der Waals surface area contributed by atoms with Gasteiger partial charge in [0.1, 0.15) is 0 Å². The van der Waals surface area contributed by atoms with Gasteiger partial charge in [-0.25, -0.2) is 0 Å². The van der Waals surface area contributed by atoms with Gasteiger partial charge in [-0.15, -0.1) is 0 Å². The van der Waals surface area contributed by atoms with Gasteiger partial charge in [0.15, 0.2) is 0 Å². The highest BCUT2D eigenvalue weighted by Gasteiger charge is 2.44. The molecule has 1 rings (SSSR count). The van der Waals surface area contributed by atoms with E-state index in [9.17, 15) is 4.79 Å². The van der Waals surface area contributed by atoms with Crippen LogP contribution in [0.4, 0.5) is 0 Å². The van der Waals surface area contributed by atoms with Crippen LogP contribution >= 0.6 is 0 Å². The van der Waals surface area contributed by atoms with Crippen LogP contribution in [0.25, 0.3) is 0 Å². The summed E-state index contributed by atoms with van der Waals surface area (Å²) in [6.07, 6.45) is 6.66. The molecular weight excluding hydrogens is 314 g/mol. The van der Waals surface area contributed by atoms with E-state index < -0.39 is 14.8 Å². The maximum atomic E-state index is 11.0. The van der Waals surface area contributed by atoms with Crippen LogP contribution in [0.1, 0.15) is 59.3 Å². The lowest BCUT2D eigenvalue weighted by Gasteiger charge is -2.39. The smallest absolute Gasteiger partial charge is 0.481 e. The molecule has 0 radical (unpaired) electrons. The number of carboxylic acids is 1. The average Bonchev–Trinajstić information content (AvgIpc) is 2.53. The normalized spacial score (nSPS) is 16.9. The van der Waals surface area contributed by atoms with Crippen LogP contribution in [0.5, 0.6) is 0 Å². The zero-order chi connectivity index (χ0) is 17.1. The average molecular weight is 348 g/mol. The summed E-state index contributed by atoms with van der Waals surface area (Å²) in [5.41, 5.74) is 0. The first-order chi connectivity index (χ1) is 11.1. The van der Waals surface area contributed by atoms with Gasteiger partial charge in [-0.3, -0.25) is 9.69 Å². The fourth-order valence-electron chi connectivity index (χ4n) is 3.25. The van der Waals surface area contributed by atoms with Crippen molar-refractivity contribution >= 4 is 14.8 Å². The number of hydrogen-bond donors (Lipinski definition) is 1. The van der Waals surface area contributed by atoms with Crippen molar-refractivity contribution in [2.75, 3.05) is 32.5 Å². The first-order valence-electron chi connectivity index (χ1n) is 8.94. The minimum Gasteiger partial charge on any atom is -0.481 e. The predicted molar refractivity (Wildman–Crippen MR) is 91.3 cm³/mol. The van der Waals surface area contributed by atoms with Crippen molar-refractivity contribution in [3.8, 4) is 0 Å². The Bertz CT molecular complexity index is 319. The number of rotatable bonds is 12. The Balaban J connectivity index is 2.84. The van der Waals surface area contributed by atoms with Crippen molar-refractivity contribution in [1.29, 1.82) is 0 Å². The molecule has 0 atom stereocenters. The van der Waals surface area contributed by atoms with E-state index in [1.165, 1.54) is 19.3 Å². The first-order valence-corrected chi connectivity index (χ1v) is 10.9. The number of aliphatic carboxylic acids is 1. The summed E-state index contributed by atoms with van der Waals surface area (Å²) in [7, 11) is -2.78. The number of nitrogens with zero attached hydrogens (tertiary/aromatic N) is 1. The van der Waals surface area contributed by atoms with E-state index in [1.807, 2.05) is 20.8 Å². The fraction of sp³-hybridized carbons (Fsp3) is 0.938. The van der Waals surface area contributed by atoms with E-state index in [1.54, 1.807) is 0 Å². The Morgan fingerprint density at radius 3 is 2.00 bits per heavy atom. The molecular formula is C16H33NO5Si. The third-order valence-electron chi connectivity index (χ3n) is 4.19. The lowest BCUT2D eigenvalue weighted by molar-refractivity contribution is -0.137. The third-order valence-corrected chi connectivity index (χ3v) is 7.17. The molecule has 0 aromatic carbocycles. The SMILES string of the molecule is CCO[Si](CN(CCC(=O)O)C1CCCCC1)(OCC)OCC. The summed E-state index contributed by atoms with van der Waals surface area (Å²) >= 11 is 0. The largest absolute Gasteiger partial charge is 0.515 e. The summed E-state index contributed by atoms with van der Waals surface area (Å²) in [5, 5.41) is 9.06. The molecule has 0 bridgehead atoms. The lowest BCUT2D eigenvalue weighted by Crippen LogP contribution is -2.58. The van der Waals surface area contributed by atoms with Crippen molar-refractivity contribution in [3.63, 3.8) is 0 Å². The molecule has 1 aliphatic rings. The Hall–Kier alpha value is -0.473. The molecule has 0 heterocycles. The zero-order valence-electron chi connectivity index (χ0n) is 14.9. The quantitative estimate of drug-likeness (QED) is 0.548. The molecule has 136 valence electrons. The summed E-state index contributed by atoms with van der Waals surface area (Å²) in [5.74, 6) is -0.762. The van der Waals surface area contributed by atoms with Crippen LogP contribution in [0, 0.1) is 0 Å². The van der Waals surface area contributed by atoms with Gasteiger partial charge in [0.2, 0.25) is 0 Å². The fourth-order valence-corrected chi connectivity index (χ4v) is 6.00. The van der Waals surface area contributed by atoms with Crippen molar-refractivity contribution < 1.29 is 23.2 Å². The summed E-state index contributed by atoms with van der Waals surface area (Å²) in [4.78, 5) is 13.3. The van der Waals surface area contributed by atoms with Crippen LogP contribution in [0.15, 0.2) is 0 Å². The van der Waals surface area contributed by atoms with Crippen molar-refractivity contribution in [2.24, 2.45) is 0 Å². The molecule has 0 spiro atoms. The van der Waals surface area contributed by atoms with E-state index in [2.05, 4.69) is 4.90 Å². The Kier molecular flexibility index (Phi) is 9.97. The molecule has 1 aliphatic carbocycles. The minimum absolute atomic E-state index is 0.144. The van der Waals surface area contributed by atoms with Gasteiger partial charge in [0.05, 0.1) is 12.6 Å². The molecule has 1 fully saturated rings. The molecule has 23 heavy (non-hydrogen) atoms. The number of carboxylic acid groups (broad SMARTS) is 1. The van der Waals surface area contributed by atoms with Gasteiger partial charge in [-0.1, -0.05) is 19.3 Å². The highest BCUT2D eigenvalue weighted by atomic mass is 28.4. The van der Waals surface area contributed by atoms with E-state index in [-0.39, 0.29) is 6.42 Å². The molecule has 1 N–H and O–H groups in total. The van der Waals surface area contributed by atoms with Gasteiger partial charge in [-0.2, -0.15) is 0 Å². The van der Waals surface area contributed by atoms with Crippen LogP contribution in [-0.2, 0) is 18.1 Å². The van der Waals surface area contributed by atoms with E-state index >= 15 is 0 Å².